The highest BCUT2D eigenvalue weighted by atomic mass is 35.5. The third-order valence-electron chi connectivity index (χ3n) is 14.2. The first kappa shape index (κ1) is 56.7. The number of H-pyrrole nitrogens is 3. The van der Waals surface area contributed by atoms with Gasteiger partial charge in [0.05, 0.1) is 116 Å². The molecule has 6 aromatic heterocycles. The summed E-state index contributed by atoms with van der Waals surface area (Å²) in [5.41, 5.74) is 10.4. The molecule has 3 aliphatic heterocycles. The zero-order chi connectivity index (χ0) is 57.4. The molecule has 0 saturated heterocycles. The Bertz CT molecular complexity index is 3470. The number of rotatable bonds is 6. The number of hydrogen-bond donors (Lipinski definition) is 3. The molecule has 0 saturated carbocycles. The maximum atomic E-state index is 13.6. The first-order valence-electron chi connectivity index (χ1n) is 24.8. The third kappa shape index (κ3) is 10.9. The summed E-state index contributed by atoms with van der Waals surface area (Å²) in [7, 11) is 0. The summed E-state index contributed by atoms with van der Waals surface area (Å²) in [5.74, 6) is -2.93. The molecule has 0 spiro atoms. The van der Waals surface area contributed by atoms with Crippen LogP contribution in [0.2, 0.25) is 30.1 Å². The van der Waals surface area contributed by atoms with Crippen molar-refractivity contribution in [3.8, 4) is 34.2 Å². The molecule has 3 atom stereocenters. The second-order valence-electron chi connectivity index (χ2n) is 18.6. The van der Waals surface area contributed by atoms with E-state index in [4.69, 9.17) is 69.6 Å². The molecule has 27 heteroatoms. The second-order valence-corrected chi connectivity index (χ2v) is 20.9. The smallest absolute Gasteiger partial charge is 0.255 e. The molecular formula is C54H42Cl6F3N15O3. The zero-order valence-corrected chi connectivity index (χ0v) is 47.2. The SMILES string of the molecule is CC1c2ncnc(-c3ccn[nH]3)c2CCN1C(=O)c1ccc(F)c(Cl)c1Cl.C[C@@H]1c2ncnc(-c3ccn[nH]3)c2CCN1C(=O)c1ccc(F)c(Cl)c1Cl.C[C@H]1c2ncnc(-c3ccn[nH]3)c2CCN1C(=O)c1ccc(F)c(Cl)c1Cl. The van der Waals surface area contributed by atoms with Gasteiger partial charge < -0.3 is 14.7 Å². The molecule has 0 aliphatic carbocycles. The van der Waals surface area contributed by atoms with Crippen molar-refractivity contribution < 1.29 is 27.6 Å². The summed E-state index contributed by atoms with van der Waals surface area (Å²) in [6.07, 6.45) is 11.1. The van der Waals surface area contributed by atoms with Gasteiger partial charge in [-0.1, -0.05) is 69.6 Å². The lowest BCUT2D eigenvalue weighted by Gasteiger charge is -2.35. The summed E-state index contributed by atoms with van der Waals surface area (Å²) >= 11 is 35.9. The first-order chi connectivity index (χ1) is 39.0. The van der Waals surface area contributed by atoms with E-state index in [1.54, 1.807) is 33.3 Å². The number of carbonyl (C=O) groups excluding carboxylic acids is 3. The average molecular weight is 1220 g/mol. The van der Waals surface area contributed by atoms with E-state index < -0.39 is 17.5 Å². The predicted molar refractivity (Wildman–Crippen MR) is 298 cm³/mol. The lowest BCUT2D eigenvalue weighted by atomic mass is 9.95. The Balaban J connectivity index is 0.000000136. The van der Waals surface area contributed by atoms with E-state index in [1.165, 1.54) is 37.2 Å². The molecule has 0 bridgehead atoms. The molecule has 0 fully saturated rings. The summed E-state index contributed by atoms with van der Waals surface area (Å²) < 4.78 is 40.7. The lowest BCUT2D eigenvalue weighted by molar-refractivity contribution is 0.0665. The molecule has 1 unspecified atom stereocenters. The van der Waals surface area contributed by atoms with Gasteiger partial charge in [0.1, 0.15) is 36.4 Å². The van der Waals surface area contributed by atoms with Gasteiger partial charge in [0.25, 0.3) is 17.7 Å². The summed E-state index contributed by atoms with van der Waals surface area (Å²) in [5, 5.41) is 19.6. The minimum atomic E-state index is -0.660. The number of halogens is 9. The molecule has 3 N–H and O–H groups in total. The average Bonchev–Trinajstić information content (AvgIpc) is 4.39. The van der Waals surface area contributed by atoms with Crippen molar-refractivity contribution >= 4 is 87.3 Å². The van der Waals surface area contributed by atoms with E-state index >= 15 is 0 Å². The number of nitrogens with one attached hydrogen (secondary N) is 3. The molecule has 414 valence electrons. The van der Waals surface area contributed by atoms with Crippen molar-refractivity contribution in [3.63, 3.8) is 0 Å². The van der Waals surface area contributed by atoms with Crippen molar-refractivity contribution in [2.24, 2.45) is 0 Å². The molecule has 3 amide bonds. The van der Waals surface area contributed by atoms with Crippen LogP contribution in [-0.4, -0.2) is 113 Å². The number of benzene rings is 3. The first-order valence-corrected chi connectivity index (χ1v) is 27.1. The number of carbonyl (C=O) groups is 3. The van der Waals surface area contributed by atoms with E-state index in [0.29, 0.717) is 38.9 Å². The molecule has 9 heterocycles. The van der Waals surface area contributed by atoms with Gasteiger partial charge in [0.15, 0.2) is 0 Å². The normalized spacial score (nSPS) is 16.3. The van der Waals surface area contributed by atoms with Crippen LogP contribution in [-0.2, 0) is 19.3 Å². The standard InChI is InChI=1S/3C18H14Cl2FN5O/c3*1-9-16-11(17(23-8-22-16)13-4-6-24-25-13)5-7-26(9)18(27)10-2-3-12(21)15(20)14(10)19/h3*2-4,6,8-9H,5,7H2,1H3,(H,24,25)/t2*9-;/m10./s1. The maximum absolute atomic E-state index is 13.6. The Kier molecular flexibility index (Phi) is 16.7. The van der Waals surface area contributed by atoms with Gasteiger partial charge in [0.2, 0.25) is 0 Å². The number of aromatic nitrogens is 12. The monoisotopic (exact) mass is 1220 g/mol. The molecule has 3 aliphatic rings. The fourth-order valence-corrected chi connectivity index (χ4v) is 11.2. The number of fused-ring (bicyclic) bond motifs is 3. The number of hydrogen-bond acceptors (Lipinski definition) is 12. The van der Waals surface area contributed by atoms with Crippen molar-refractivity contribution in [2.75, 3.05) is 19.6 Å². The number of aromatic amines is 3. The van der Waals surface area contributed by atoms with Gasteiger partial charge in [0, 0.05) is 54.9 Å². The lowest BCUT2D eigenvalue weighted by Crippen LogP contribution is -2.39. The second kappa shape index (κ2) is 23.9. The highest BCUT2D eigenvalue weighted by Crippen LogP contribution is 2.40. The van der Waals surface area contributed by atoms with Crippen LogP contribution in [0, 0.1) is 17.5 Å². The van der Waals surface area contributed by atoms with Gasteiger partial charge in [-0.2, -0.15) is 15.3 Å². The highest BCUT2D eigenvalue weighted by molar-refractivity contribution is 6.45. The van der Waals surface area contributed by atoms with Gasteiger partial charge in [-0.25, -0.2) is 43.1 Å². The van der Waals surface area contributed by atoms with Crippen LogP contribution >= 0.6 is 69.6 Å². The molecule has 0 radical (unpaired) electrons. The number of amides is 3. The highest BCUT2D eigenvalue weighted by Gasteiger charge is 2.36. The van der Waals surface area contributed by atoms with E-state index in [2.05, 4.69) is 60.5 Å². The Hall–Kier alpha value is -7.53. The zero-order valence-electron chi connectivity index (χ0n) is 42.6. The molecule has 12 rings (SSSR count). The van der Waals surface area contributed by atoms with E-state index in [9.17, 15) is 27.6 Å². The minimum absolute atomic E-state index is 0.0829. The van der Waals surface area contributed by atoms with Crippen molar-refractivity contribution in [2.45, 2.75) is 58.2 Å². The molecule has 18 nitrogen and oxygen atoms in total. The van der Waals surface area contributed by atoms with Crippen molar-refractivity contribution in [3.05, 3.63) is 190 Å². The van der Waals surface area contributed by atoms with Crippen LogP contribution in [0.1, 0.15) is 104 Å². The summed E-state index contributed by atoms with van der Waals surface area (Å²) in [4.78, 5) is 70.3. The van der Waals surface area contributed by atoms with E-state index in [1.807, 2.05) is 39.0 Å². The van der Waals surface area contributed by atoms with Gasteiger partial charge in [-0.3, -0.25) is 29.7 Å². The van der Waals surface area contributed by atoms with Crippen LogP contribution in [0.4, 0.5) is 13.2 Å². The Morgan fingerprint density at radius 3 is 0.938 bits per heavy atom. The Labute approximate surface area is 489 Å². The fraction of sp³-hybridized carbons (Fsp3) is 0.222. The topological polar surface area (TPSA) is 224 Å². The summed E-state index contributed by atoms with van der Waals surface area (Å²) in [6.45, 7) is 7.02. The van der Waals surface area contributed by atoms with Crippen LogP contribution in [0.5, 0.6) is 0 Å². The van der Waals surface area contributed by atoms with Crippen LogP contribution in [0.15, 0.2) is 92.2 Å². The molecular weight excluding hydrogens is 1180 g/mol. The molecule has 3 aromatic carbocycles. The van der Waals surface area contributed by atoms with Gasteiger partial charge >= 0.3 is 0 Å². The number of nitrogens with zero attached hydrogens (tertiary/aromatic N) is 12. The van der Waals surface area contributed by atoms with Crippen LogP contribution in [0.3, 0.4) is 0 Å². The van der Waals surface area contributed by atoms with Crippen molar-refractivity contribution in [1.82, 2.24) is 75.2 Å². The predicted octanol–water partition coefficient (Wildman–Crippen LogP) is 12.2. The maximum Gasteiger partial charge on any atom is 0.255 e. The Morgan fingerprint density at radius 2 is 0.691 bits per heavy atom. The third-order valence-corrected chi connectivity index (χ3v) is 16.8. The largest absolute Gasteiger partial charge is 0.330 e. The van der Waals surface area contributed by atoms with E-state index in [0.717, 1.165) is 86.1 Å². The van der Waals surface area contributed by atoms with Gasteiger partial charge in [-0.15, -0.1) is 0 Å². The minimum Gasteiger partial charge on any atom is -0.330 e. The molecule has 9 aromatic rings. The van der Waals surface area contributed by atoms with Crippen LogP contribution < -0.4 is 0 Å². The summed E-state index contributed by atoms with van der Waals surface area (Å²) in [6, 6.07) is 12.1. The van der Waals surface area contributed by atoms with Gasteiger partial charge in [-0.05, 0) is 94.6 Å². The molecule has 81 heavy (non-hydrogen) atoms. The quantitative estimate of drug-likeness (QED) is 0.132. The Morgan fingerprint density at radius 1 is 0.420 bits per heavy atom. The van der Waals surface area contributed by atoms with Crippen molar-refractivity contribution in [1.29, 1.82) is 0 Å². The van der Waals surface area contributed by atoms with Crippen LogP contribution in [0.25, 0.3) is 34.2 Å². The fourth-order valence-electron chi connectivity index (χ4n) is 10.0. The van der Waals surface area contributed by atoms with E-state index in [-0.39, 0.29) is 82.7 Å².